The highest BCUT2D eigenvalue weighted by molar-refractivity contribution is 5.65. The third-order valence-corrected chi connectivity index (χ3v) is 3.66. The minimum absolute atomic E-state index is 0.478. The Morgan fingerprint density at radius 1 is 1.47 bits per heavy atom. The van der Waals surface area contributed by atoms with Crippen molar-refractivity contribution in [1.82, 2.24) is 9.78 Å². The predicted molar refractivity (Wildman–Crippen MR) is 75.1 cm³/mol. The third kappa shape index (κ3) is 3.19. The summed E-state index contributed by atoms with van der Waals surface area (Å²) in [6.45, 7) is 3.80. The fourth-order valence-electron chi connectivity index (χ4n) is 2.40. The lowest BCUT2D eigenvalue weighted by Gasteiger charge is -2.32. The van der Waals surface area contributed by atoms with Crippen molar-refractivity contribution in [2.75, 3.05) is 30.8 Å². The fraction of sp³-hybridized carbons (Fsp3) is 0.769. The fourth-order valence-corrected chi connectivity index (χ4v) is 2.40. The van der Waals surface area contributed by atoms with E-state index in [0.29, 0.717) is 38.3 Å². The van der Waals surface area contributed by atoms with Gasteiger partial charge >= 0.3 is 0 Å². The summed E-state index contributed by atoms with van der Waals surface area (Å²) >= 11 is 0. The number of ether oxygens (including phenoxy) is 1. The second-order valence-electron chi connectivity index (χ2n) is 5.27. The first kappa shape index (κ1) is 14.1. The molecule has 0 aliphatic carbocycles. The van der Waals surface area contributed by atoms with Gasteiger partial charge in [-0.1, -0.05) is 13.3 Å². The van der Waals surface area contributed by atoms with E-state index in [1.807, 2.05) is 7.05 Å². The average molecular weight is 268 g/mol. The van der Waals surface area contributed by atoms with Gasteiger partial charge in [0.25, 0.3) is 0 Å². The molecule has 1 fully saturated rings. The summed E-state index contributed by atoms with van der Waals surface area (Å²) in [6.07, 6.45) is 3.19. The van der Waals surface area contributed by atoms with Gasteiger partial charge in [-0.05, 0) is 6.42 Å². The van der Waals surface area contributed by atoms with E-state index in [-0.39, 0.29) is 0 Å². The van der Waals surface area contributed by atoms with E-state index < -0.39 is 5.60 Å². The van der Waals surface area contributed by atoms with Crippen LogP contribution in [0.25, 0.3) is 0 Å². The van der Waals surface area contributed by atoms with Gasteiger partial charge in [0.1, 0.15) is 5.82 Å². The number of nitrogens with one attached hydrogen (secondary N) is 1. The predicted octanol–water partition coefficient (Wildman–Crippen LogP) is 0.908. The van der Waals surface area contributed by atoms with E-state index in [4.69, 9.17) is 10.5 Å². The minimum atomic E-state index is -0.708. The molecule has 1 aromatic rings. The number of nitrogens with two attached hydrogens (primary N) is 1. The Morgan fingerprint density at radius 2 is 2.16 bits per heavy atom. The van der Waals surface area contributed by atoms with Crippen molar-refractivity contribution in [3.05, 3.63) is 5.69 Å². The summed E-state index contributed by atoms with van der Waals surface area (Å²) in [4.78, 5) is 0. The Balaban J connectivity index is 2.02. The highest BCUT2D eigenvalue weighted by Gasteiger charge is 2.30. The van der Waals surface area contributed by atoms with Crippen molar-refractivity contribution < 1.29 is 9.84 Å². The first-order valence-electron chi connectivity index (χ1n) is 6.91. The Labute approximate surface area is 113 Å². The van der Waals surface area contributed by atoms with Gasteiger partial charge < -0.3 is 20.9 Å². The van der Waals surface area contributed by atoms with Gasteiger partial charge in [-0.15, -0.1) is 0 Å². The van der Waals surface area contributed by atoms with Gasteiger partial charge in [-0.3, -0.25) is 4.68 Å². The van der Waals surface area contributed by atoms with E-state index in [2.05, 4.69) is 17.3 Å². The molecule has 2 heterocycles. The lowest BCUT2D eigenvalue weighted by atomic mass is 9.94. The second kappa shape index (κ2) is 5.79. The lowest BCUT2D eigenvalue weighted by molar-refractivity contribution is -0.0544. The van der Waals surface area contributed by atoms with Crippen LogP contribution in [-0.2, 0) is 18.2 Å². The normalized spacial score (nSPS) is 18.5. The standard InChI is InChI=1S/C13H24N4O2/c1-3-4-10-11(14)12(17(2)16-10)15-9-13(18)5-7-19-8-6-13/h15,18H,3-9,14H2,1-2H3. The first-order chi connectivity index (χ1) is 9.06. The van der Waals surface area contributed by atoms with Crippen LogP contribution in [0.4, 0.5) is 11.5 Å². The summed E-state index contributed by atoms with van der Waals surface area (Å²) < 4.78 is 7.02. The van der Waals surface area contributed by atoms with Gasteiger partial charge in [0, 0.05) is 39.6 Å². The first-order valence-corrected chi connectivity index (χ1v) is 6.91. The van der Waals surface area contributed by atoms with Crippen molar-refractivity contribution in [2.24, 2.45) is 7.05 Å². The van der Waals surface area contributed by atoms with Gasteiger partial charge in [0.15, 0.2) is 0 Å². The van der Waals surface area contributed by atoms with Gasteiger partial charge in [0.2, 0.25) is 0 Å². The average Bonchev–Trinajstić information content (AvgIpc) is 2.64. The molecule has 4 N–H and O–H groups in total. The van der Waals surface area contributed by atoms with Crippen molar-refractivity contribution >= 4 is 11.5 Å². The van der Waals surface area contributed by atoms with Crippen molar-refractivity contribution in [2.45, 2.75) is 38.2 Å². The number of hydrogen-bond acceptors (Lipinski definition) is 5. The molecule has 2 rings (SSSR count). The molecule has 108 valence electrons. The zero-order valence-corrected chi connectivity index (χ0v) is 11.8. The number of aliphatic hydroxyl groups is 1. The zero-order chi connectivity index (χ0) is 13.9. The van der Waals surface area contributed by atoms with Crippen LogP contribution in [0.2, 0.25) is 0 Å². The number of aromatic nitrogens is 2. The SMILES string of the molecule is CCCc1nn(C)c(NCC2(O)CCOCC2)c1N. The molecule has 0 saturated carbocycles. The molecule has 1 aromatic heterocycles. The molecule has 0 unspecified atom stereocenters. The Kier molecular flexibility index (Phi) is 4.31. The molecule has 0 amide bonds. The van der Waals surface area contributed by atoms with Gasteiger partial charge in [0.05, 0.1) is 17.0 Å². The van der Waals surface area contributed by atoms with E-state index in [1.54, 1.807) is 4.68 Å². The molecule has 0 aromatic carbocycles. The highest BCUT2D eigenvalue weighted by atomic mass is 16.5. The third-order valence-electron chi connectivity index (χ3n) is 3.66. The molecule has 1 aliphatic heterocycles. The molecule has 19 heavy (non-hydrogen) atoms. The van der Waals surface area contributed by atoms with Crippen molar-refractivity contribution in [1.29, 1.82) is 0 Å². The van der Waals surface area contributed by atoms with Crippen LogP contribution in [0.15, 0.2) is 0 Å². The van der Waals surface area contributed by atoms with Crippen LogP contribution in [0.5, 0.6) is 0 Å². The van der Waals surface area contributed by atoms with Crippen LogP contribution >= 0.6 is 0 Å². The molecule has 6 heteroatoms. The van der Waals surface area contributed by atoms with E-state index in [1.165, 1.54) is 0 Å². The summed E-state index contributed by atoms with van der Waals surface area (Å²) in [5.74, 6) is 0.795. The Bertz CT molecular complexity index is 425. The lowest BCUT2D eigenvalue weighted by Crippen LogP contribution is -2.42. The summed E-state index contributed by atoms with van der Waals surface area (Å²) in [5.41, 5.74) is 7.01. The smallest absolute Gasteiger partial charge is 0.147 e. The van der Waals surface area contributed by atoms with Gasteiger partial charge in [-0.25, -0.2) is 0 Å². The molecular weight excluding hydrogens is 244 g/mol. The molecule has 6 nitrogen and oxygen atoms in total. The van der Waals surface area contributed by atoms with Gasteiger partial charge in [-0.2, -0.15) is 5.10 Å². The van der Waals surface area contributed by atoms with Crippen molar-refractivity contribution in [3.8, 4) is 0 Å². The summed E-state index contributed by atoms with van der Waals surface area (Å²) in [6, 6.07) is 0. The number of rotatable bonds is 5. The van der Waals surface area contributed by atoms with E-state index in [0.717, 1.165) is 24.4 Å². The molecule has 0 spiro atoms. The zero-order valence-electron chi connectivity index (χ0n) is 11.8. The second-order valence-corrected chi connectivity index (χ2v) is 5.27. The summed E-state index contributed by atoms with van der Waals surface area (Å²) in [5, 5.41) is 18.1. The molecule has 1 saturated heterocycles. The van der Waals surface area contributed by atoms with Crippen LogP contribution in [0, 0.1) is 0 Å². The van der Waals surface area contributed by atoms with Crippen LogP contribution in [-0.4, -0.2) is 40.2 Å². The number of anilines is 2. The quantitative estimate of drug-likeness (QED) is 0.739. The maximum absolute atomic E-state index is 10.4. The molecule has 0 bridgehead atoms. The van der Waals surface area contributed by atoms with Crippen LogP contribution in [0.3, 0.4) is 0 Å². The molecule has 1 aliphatic rings. The highest BCUT2D eigenvalue weighted by Crippen LogP contribution is 2.26. The van der Waals surface area contributed by atoms with E-state index in [9.17, 15) is 5.11 Å². The summed E-state index contributed by atoms with van der Waals surface area (Å²) in [7, 11) is 1.87. The monoisotopic (exact) mass is 268 g/mol. The van der Waals surface area contributed by atoms with E-state index >= 15 is 0 Å². The molecule has 0 atom stereocenters. The molecule has 0 radical (unpaired) electrons. The number of aryl methyl sites for hydroxylation is 2. The maximum atomic E-state index is 10.4. The largest absolute Gasteiger partial charge is 0.394 e. The number of nitrogens with zero attached hydrogens (tertiary/aromatic N) is 2. The molecular formula is C13H24N4O2. The minimum Gasteiger partial charge on any atom is -0.394 e. The Hall–Kier alpha value is -1.27. The topological polar surface area (TPSA) is 85.3 Å². The maximum Gasteiger partial charge on any atom is 0.147 e. The number of nitrogen functional groups attached to an aromatic ring is 1. The van der Waals surface area contributed by atoms with Crippen LogP contribution in [0.1, 0.15) is 31.9 Å². The van der Waals surface area contributed by atoms with Crippen LogP contribution < -0.4 is 11.1 Å². The Morgan fingerprint density at radius 3 is 2.79 bits per heavy atom. The number of hydrogen-bond donors (Lipinski definition) is 3. The van der Waals surface area contributed by atoms with Crippen molar-refractivity contribution in [3.63, 3.8) is 0 Å².